The maximum absolute atomic E-state index is 4.57. The molecule has 2 aromatic rings. The molecule has 1 aromatic heterocycles. The molecule has 2 fully saturated rings. The number of likely N-dealkylation sites (tertiary alicyclic amines) is 1. The van der Waals surface area contributed by atoms with Crippen LogP contribution in [0.3, 0.4) is 0 Å². The van der Waals surface area contributed by atoms with E-state index in [-0.39, 0.29) is 0 Å². The summed E-state index contributed by atoms with van der Waals surface area (Å²) in [6.45, 7) is 23.6. The third-order valence-electron chi connectivity index (χ3n) is 7.84. The Balaban J connectivity index is 1.56. The molecule has 2 heterocycles. The van der Waals surface area contributed by atoms with Gasteiger partial charge in [-0.1, -0.05) is 32.2 Å². The van der Waals surface area contributed by atoms with Crippen molar-refractivity contribution in [3.63, 3.8) is 0 Å². The first-order chi connectivity index (χ1) is 15.8. The quantitative estimate of drug-likeness (QED) is 0.404. The highest BCUT2D eigenvalue weighted by Crippen LogP contribution is 2.35. The number of benzene rings is 1. The fourth-order valence-corrected chi connectivity index (χ4v) is 5.31. The first-order valence-electron chi connectivity index (χ1n) is 12.8. The number of aryl methyl sites for hydroxylation is 2. The Bertz CT molecular complexity index is 1050. The van der Waals surface area contributed by atoms with Crippen LogP contribution in [0.25, 0.3) is 17.3 Å². The number of aromatic nitrogens is 1. The summed E-state index contributed by atoms with van der Waals surface area (Å²) in [5, 5.41) is 0. The minimum Gasteiger partial charge on any atom is -0.372 e. The zero-order valence-corrected chi connectivity index (χ0v) is 21.5. The van der Waals surface area contributed by atoms with Crippen molar-refractivity contribution in [1.29, 1.82) is 0 Å². The van der Waals surface area contributed by atoms with Crippen molar-refractivity contribution in [2.45, 2.75) is 73.3 Å². The van der Waals surface area contributed by atoms with Gasteiger partial charge >= 0.3 is 0 Å². The van der Waals surface area contributed by atoms with E-state index in [1.807, 2.05) is 0 Å². The monoisotopic (exact) mass is 442 g/mol. The first kappa shape index (κ1) is 23.7. The molecule has 0 unspecified atom stereocenters. The average Bonchev–Trinajstić information content (AvgIpc) is 3.56. The van der Waals surface area contributed by atoms with E-state index in [0.29, 0.717) is 0 Å². The van der Waals surface area contributed by atoms with Crippen LogP contribution in [0.15, 0.2) is 37.4 Å². The number of allylic oxidation sites excluding steroid dienone is 2. The summed E-state index contributed by atoms with van der Waals surface area (Å²) in [5.41, 5.74) is 11.8. The predicted molar refractivity (Wildman–Crippen MR) is 144 cm³/mol. The Morgan fingerprint density at radius 2 is 1.64 bits per heavy atom. The van der Waals surface area contributed by atoms with Gasteiger partial charge in [0.1, 0.15) is 0 Å². The molecule has 2 nitrogen and oxygen atoms in total. The standard InChI is InChI=1S/C31H42N2/c1-8-9-28-19-31(33(26(28)7)20-27-10-11-27)24(5)18-30-22(3)16-29(17-23(30)4)25(6)32-14-12-21(2)13-15-32/h8-9,16-17,19,21,27H,5-6,10-15,18,20H2,1-4,7H3/b9-8-. The molecule has 2 heteroatoms. The molecule has 0 N–H and O–H groups in total. The number of hydrogen-bond donors (Lipinski definition) is 0. The maximum atomic E-state index is 4.57. The highest BCUT2D eigenvalue weighted by Gasteiger charge is 2.25. The van der Waals surface area contributed by atoms with E-state index in [1.54, 1.807) is 0 Å². The van der Waals surface area contributed by atoms with Crippen molar-refractivity contribution in [2.24, 2.45) is 11.8 Å². The van der Waals surface area contributed by atoms with E-state index in [2.05, 4.69) is 87.6 Å². The van der Waals surface area contributed by atoms with Crippen LogP contribution in [0.2, 0.25) is 0 Å². The SMILES string of the molecule is C=C(Cc1c(C)cc(C(=C)N2CCC(C)CC2)cc1C)c1cc(/C=C\C)c(C)n1CC1CC1. The second-order valence-corrected chi connectivity index (χ2v) is 10.6. The highest BCUT2D eigenvalue weighted by molar-refractivity contribution is 5.71. The van der Waals surface area contributed by atoms with Crippen molar-refractivity contribution in [3.8, 4) is 0 Å². The molecule has 1 aromatic carbocycles. The van der Waals surface area contributed by atoms with E-state index in [0.717, 1.165) is 37.9 Å². The van der Waals surface area contributed by atoms with Gasteiger partial charge in [-0.3, -0.25) is 0 Å². The van der Waals surface area contributed by atoms with E-state index < -0.39 is 0 Å². The molecule has 176 valence electrons. The van der Waals surface area contributed by atoms with Crippen LogP contribution in [0.5, 0.6) is 0 Å². The number of hydrogen-bond acceptors (Lipinski definition) is 1. The van der Waals surface area contributed by atoms with Crippen LogP contribution < -0.4 is 0 Å². The summed E-state index contributed by atoms with van der Waals surface area (Å²) in [6.07, 6.45) is 10.5. The molecule has 1 aliphatic heterocycles. The molecule has 1 aliphatic carbocycles. The Kier molecular flexibility index (Phi) is 7.02. The van der Waals surface area contributed by atoms with E-state index >= 15 is 0 Å². The van der Waals surface area contributed by atoms with Gasteiger partial charge in [0.15, 0.2) is 0 Å². The van der Waals surface area contributed by atoms with Gasteiger partial charge in [0.05, 0.1) is 0 Å². The number of nitrogens with zero attached hydrogens (tertiary/aromatic N) is 2. The van der Waals surface area contributed by atoms with E-state index in [9.17, 15) is 0 Å². The minimum atomic E-state index is 0.835. The minimum absolute atomic E-state index is 0.835. The largest absolute Gasteiger partial charge is 0.372 e. The molecule has 2 aliphatic rings. The lowest BCUT2D eigenvalue weighted by molar-refractivity contribution is 0.268. The Morgan fingerprint density at radius 3 is 2.21 bits per heavy atom. The zero-order valence-electron chi connectivity index (χ0n) is 21.5. The third-order valence-corrected chi connectivity index (χ3v) is 7.84. The topological polar surface area (TPSA) is 8.17 Å². The van der Waals surface area contributed by atoms with Gasteiger partial charge in [0.25, 0.3) is 0 Å². The number of piperidine rings is 1. The van der Waals surface area contributed by atoms with Crippen LogP contribution >= 0.6 is 0 Å². The molecule has 1 saturated heterocycles. The fourth-order valence-electron chi connectivity index (χ4n) is 5.31. The highest BCUT2D eigenvalue weighted by atomic mass is 15.1. The summed E-state index contributed by atoms with van der Waals surface area (Å²) >= 11 is 0. The average molecular weight is 443 g/mol. The van der Waals surface area contributed by atoms with Gasteiger partial charge in [0.2, 0.25) is 0 Å². The van der Waals surface area contributed by atoms with E-state index in [1.165, 1.54) is 76.2 Å². The second kappa shape index (κ2) is 9.79. The van der Waals surface area contributed by atoms with E-state index in [4.69, 9.17) is 0 Å². The van der Waals surface area contributed by atoms with Crippen LogP contribution in [0.4, 0.5) is 0 Å². The third kappa shape index (κ3) is 5.21. The van der Waals surface area contributed by atoms with Crippen LogP contribution in [0.1, 0.15) is 78.7 Å². The number of rotatable bonds is 8. The molecule has 33 heavy (non-hydrogen) atoms. The summed E-state index contributed by atoms with van der Waals surface area (Å²) in [4.78, 5) is 2.48. The van der Waals surface area contributed by atoms with Gasteiger partial charge in [-0.25, -0.2) is 0 Å². The van der Waals surface area contributed by atoms with Crippen LogP contribution in [0, 0.1) is 32.6 Å². The zero-order chi connectivity index (χ0) is 23.7. The van der Waals surface area contributed by atoms with Gasteiger partial charge in [-0.2, -0.15) is 0 Å². The first-order valence-corrected chi connectivity index (χ1v) is 12.8. The summed E-state index contributed by atoms with van der Waals surface area (Å²) < 4.78 is 2.52. The van der Waals surface area contributed by atoms with Gasteiger partial charge in [0, 0.05) is 36.7 Å². The van der Waals surface area contributed by atoms with Crippen LogP contribution in [-0.4, -0.2) is 22.6 Å². The van der Waals surface area contributed by atoms with Crippen molar-refractivity contribution < 1.29 is 0 Å². The molecule has 4 rings (SSSR count). The lowest BCUT2D eigenvalue weighted by Gasteiger charge is -2.34. The molecular formula is C31H42N2. The maximum Gasteiger partial charge on any atom is 0.0445 e. The smallest absolute Gasteiger partial charge is 0.0445 e. The molecule has 0 bridgehead atoms. The molecule has 0 radical (unpaired) electrons. The summed E-state index contributed by atoms with van der Waals surface area (Å²) in [7, 11) is 0. The van der Waals surface area contributed by atoms with Gasteiger partial charge in [-0.15, -0.1) is 0 Å². The summed E-state index contributed by atoms with van der Waals surface area (Å²) in [6, 6.07) is 7.03. The predicted octanol–water partition coefficient (Wildman–Crippen LogP) is 7.81. The fraction of sp³-hybridized carbons (Fsp3) is 0.484. The second-order valence-electron chi connectivity index (χ2n) is 10.6. The lowest BCUT2D eigenvalue weighted by atomic mass is 9.91. The molecule has 0 spiro atoms. The Morgan fingerprint density at radius 1 is 1.00 bits per heavy atom. The molecule has 0 amide bonds. The van der Waals surface area contributed by atoms with Gasteiger partial charge < -0.3 is 9.47 Å². The Hall–Kier alpha value is -2.48. The molecule has 1 saturated carbocycles. The summed E-state index contributed by atoms with van der Waals surface area (Å²) in [5.74, 6) is 1.68. The Labute approximate surface area is 201 Å². The lowest BCUT2D eigenvalue weighted by Crippen LogP contribution is -2.31. The molecule has 0 atom stereocenters. The van der Waals surface area contributed by atoms with Crippen LogP contribution in [-0.2, 0) is 13.0 Å². The van der Waals surface area contributed by atoms with Crippen molar-refractivity contribution in [2.75, 3.05) is 13.1 Å². The van der Waals surface area contributed by atoms with Crippen molar-refractivity contribution in [1.82, 2.24) is 9.47 Å². The van der Waals surface area contributed by atoms with Crippen molar-refractivity contribution >= 4 is 17.3 Å². The molecular weight excluding hydrogens is 400 g/mol. The van der Waals surface area contributed by atoms with Gasteiger partial charge in [-0.05, 0) is 123 Å². The normalized spacial score (nSPS) is 17.2. The van der Waals surface area contributed by atoms with Crippen molar-refractivity contribution in [3.05, 3.63) is 76.6 Å².